The van der Waals surface area contributed by atoms with Crippen molar-refractivity contribution in [1.82, 2.24) is 0 Å². The number of nitro groups is 1. The fourth-order valence-corrected chi connectivity index (χ4v) is 4.03. The highest BCUT2D eigenvalue weighted by Crippen LogP contribution is 2.30. The number of amides is 1. The van der Waals surface area contributed by atoms with Gasteiger partial charge < -0.3 is 10.1 Å². The minimum Gasteiger partial charge on any atom is -0.468 e. The topological polar surface area (TPSA) is 136 Å². The largest absolute Gasteiger partial charge is 0.468 e. The molecule has 0 unspecified atom stereocenters. The molecule has 10 nitrogen and oxygen atoms in total. The normalized spacial score (nSPS) is 10.9. The van der Waals surface area contributed by atoms with E-state index in [-0.39, 0.29) is 22.2 Å². The van der Waals surface area contributed by atoms with Crippen LogP contribution in [0, 0.1) is 17.0 Å². The van der Waals surface area contributed by atoms with Crippen LogP contribution in [-0.4, -0.2) is 38.9 Å². The third kappa shape index (κ3) is 5.08. The van der Waals surface area contributed by atoms with Gasteiger partial charge in [0.1, 0.15) is 6.54 Å². The highest BCUT2D eigenvalue weighted by Gasteiger charge is 2.29. The van der Waals surface area contributed by atoms with Crippen LogP contribution in [0.4, 0.5) is 17.1 Å². The van der Waals surface area contributed by atoms with E-state index in [1.54, 1.807) is 0 Å². The second-order valence-corrected chi connectivity index (χ2v) is 7.88. The van der Waals surface area contributed by atoms with Crippen LogP contribution < -0.4 is 9.62 Å². The fraction of sp³-hybridized carbons (Fsp3) is 0.222. The Bertz CT molecular complexity index is 1050. The molecule has 0 spiro atoms. The van der Waals surface area contributed by atoms with Gasteiger partial charge in [0.2, 0.25) is 5.91 Å². The lowest BCUT2D eigenvalue weighted by atomic mass is 10.2. The van der Waals surface area contributed by atoms with Crippen molar-refractivity contribution in [2.24, 2.45) is 0 Å². The number of hydrogen-bond acceptors (Lipinski definition) is 7. The highest BCUT2D eigenvalue weighted by molar-refractivity contribution is 7.92. The summed E-state index contributed by atoms with van der Waals surface area (Å²) in [4.78, 5) is 33.2. The maximum Gasteiger partial charge on any atom is 0.326 e. The standard InChI is InChI=1S/C18H19N3O7S/c1-12-10-15(21(24)25)6-9-17(12)20(11-18(23)28-3)29(26,27)16-7-4-14(5-8-16)19-13(2)22/h4-10H,11H2,1-3H3,(H,19,22). The maximum atomic E-state index is 13.2. The Morgan fingerprint density at radius 2 is 1.79 bits per heavy atom. The molecule has 0 aliphatic rings. The Balaban J connectivity index is 2.52. The van der Waals surface area contributed by atoms with Crippen molar-refractivity contribution < 1.29 is 27.7 Å². The zero-order chi connectivity index (χ0) is 21.8. The van der Waals surface area contributed by atoms with E-state index >= 15 is 0 Å². The van der Waals surface area contributed by atoms with Crippen molar-refractivity contribution in [3.8, 4) is 0 Å². The highest BCUT2D eigenvalue weighted by atomic mass is 32.2. The number of anilines is 2. The van der Waals surface area contributed by atoms with E-state index in [4.69, 9.17) is 0 Å². The van der Waals surface area contributed by atoms with Crippen molar-refractivity contribution >= 4 is 39.0 Å². The quantitative estimate of drug-likeness (QED) is 0.411. The molecule has 2 aromatic rings. The zero-order valence-electron chi connectivity index (χ0n) is 15.9. The number of nitro benzene ring substituents is 1. The van der Waals surface area contributed by atoms with Crippen LogP contribution in [0.3, 0.4) is 0 Å². The molecule has 0 saturated carbocycles. The lowest BCUT2D eigenvalue weighted by molar-refractivity contribution is -0.384. The summed E-state index contributed by atoms with van der Waals surface area (Å²) in [6.45, 7) is 2.20. The number of sulfonamides is 1. The number of rotatable bonds is 7. The van der Waals surface area contributed by atoms with Crippen LogP contribution in [-0.2, 0) is 24.3 Å². The molecule has 11 heteroatoms. The lowest BCUT2D eigenvalue weighted by Gasteiger charge is -2.25. The Morgan fingerprint density at radius 1 is 1.17 bits per heavy atom. The van der Waals surface area contributed by atoms with Crippen molar-refractivity contribution in [2.75, 3.05) is 23.3 Å². The zero-order valence-corrected chi connectivity index (χ0v) is 16.7. The number of methoxy groups -OCH3 is 1. The van der Waals surface area contributed by atoms with Gasteiger partial charge in [0.15, 0.2) is 0 Å². The smallest absolute Gasteiger partial charge is 0.326 e. The van der Waals surface area contributed by atoms with E-state index in [1.807, 2.05) is 0 Å². The van der Waals surface area contributed by atoms with Crippen LogP contribution in [0.15, 0.2) is 47.4 Å². The van der Waals surface area contributed by atoms with Gasteiger partial charge in [0, 0.05) is 24.7 Å². The molecule has 0 radical (unpaired) electrons. The molecular weight excluding hydrogens is 402 g/mol. The molecule has 0 heterocycles. The first kappa shape index (κ1) is 21.8. The number of carbonyl (C=O) groups is 2. The van der Waals surface area contributed by atoms with E-state index in [0.29, 0.717) is 11.3 Å². The molecule has 0 aromatic heterocycles. The van der Waals surface area contributed by atoms with Gasteiger partial charge in [0.05, 0.1) is 22.6 Å². The predicted octanol–water partition coefficient (Wildman–Crippen LogP) is 2.23. The number of carbonyl (C=O) groups excluding carboxylic acids is 2. The average Bonchev–Trinajstić information content (AvgIpc) is 2.66. The van der Waals surface area contributed by atoms with Crippen LogP contribution in [0.1, 0.15) is 12.5 Å². The summed E-state index contributed by atoms with van der Waals surface area (Å²) in [5.41, 5.74) is 0.595. The second kappa shape index (κ2) is 8.69. The van der Waals surface area contributed by atoms with Crippen molar-refractivity contribution in [3.05, 3.63) is 58.1 Å². The van der Waals surface area contributed by atoms with Gasteiger partial charge in [-0.05, 0) is 42.8 Å². The second-order valence-electron chi connectivity index (χ2n) is 6.02. The molecule has 0 bridgehead atoms. The molecule has 0 aliphatic heterocycles. The molecule has 2 aromatic carbocycles. The van der Waals surface area contributed by atoms with Crippen molar-refractivity contribution in [1.29, 1.82) is 0 Å². The predicted molar refractivity (Wildman–Crippen MR) is 105 cm³/mol. The van der Waals surface area contributed by atoms with E-state index in [2.05, 4.69) is 10.1 Å². The van der Waals surface area contributed by atoms with Gasteiger partial charge in [-0.15, -0.1) is 0 Å². The number of nitrogens with one attached hydrogen (secondary N) is 1. The third-order valence-electron chi connectivity index (χ3n) is 3.92. The van der Waals surface area contributed by atoms with Crippen LogP contribution >= 0.6 is 0 Å². The lowest BCUT2D eigenvalue weighted by Crippen LogP contribution is -2.36. The Labute approximate surface area is 167 Å². The Hall–Kier alpha value is -3.47. The number of benzene rings is 2. The average molecular weight is 421 g/mol. The van der Waals surface area contributed by atoms with E-state index < -0.39 is 27.5 Å². The fourth-order valence-electron chi connectivity index (χ4n) is 2.56. The maximum absolute atomic E-state index is 13.2. The molecular formula is C18H19N3O7S. The number of hydrogen-bond donors (Lipinski definition) is 1. The monoisotopic (exact) mass is 421 g/mol. The molecule has 0 atom stereocenters. The first-order valence-corrected chi connectivity index (χ1v) is 9.72. The molecule has 0 fully saturated rings. The Morgan fingerprint density at radius 3 is 2.28 bits per heavy atom. The van der Waals surface area contributed by atoms with Crippen LogP contribution in [0.2, 0.25) is 0 Å². The van der Waals surface area contributed by atoms with E-state index in [0.717, 1.165) is 17.5 Å². The number of esters is 1. The van der Waals surface area contributed by atoms with Gasteiger partial charge in [0.25, 0.3) is 15.7 Å². The molecule has 1 N–H and O–H groups in total. The van der Waals surface area contributed by atoms with Gasteiger partial charge in [-0.25, -0.2) is 8.42 Å². The van der Waals surface area contributed by atoms with E-state index in [9.17, 15) is 28.1 Å². The summed E-state index contributed by atoms with van der Waals surface area (Å²) in [5, 5.41) is 13.5. The summed E-state index contributed by atoms with van der Waals surface area (Å²) in [7, 11) is -3.09. The Kier molecular flexibility index (Phi) is 6.54. The molecule has 0 aliphatic carbocycles. The van der Waals surface area contributed by atoms with Gasteiger partial charge in [-0.1, -0.05) is 0 Å². The SMILES string of the molecule is COC(=O)CN(c1ccc([N+](=O)[O-])cc1C)S(=O)(=O)c1ccc(NC(C)=O)cc1. The summed E-state index contributed by atoms with van der Waals surface area (Å²) in [6.07, 6.45) is 0. The number of aryl methyl sites for hydroxylation is 1. The number of non-ortho nitro benzene ring substituents is 1. The van der Waals surface area contributed by atoms with Crippen LogP contribution in [0.25, 0.3) is 0 Å². The molecule has 1 amide bonds. The van der Waals surface area contributed by atoms with Crippen molar-refractivity contribution in [3.63, 3.8) is 0 Å². The van der Waals surface area contributed by atoms with Crippen LogP contribution in [0.5, 0.6) is 0 Å². The number of ether oxygens (including phenoxy) is 1. The molecule has 29 heavy (non-hydrogen) atoms. The minimum absolute atomic E-state index is 0.104. The molecule has 154 valence electrons. The summed E-state index contributed by atoms with van der Waals surface area (Å²) in [6, 6.07) is 9.02. The van der Waals surface area contributed by atoms with Gasteiger partial charge in [-0.3, -0.25) is 24.0 Å². The van der Waals surface area contributed by atoms with Crippen molar-refractivity contribution in [2.45, 2.75) is 18.7 Å². The summed E-state index contributed by atoms with van der Waals surface area (Å²) >= 11 is 0. The number of nitrogens with zero attached hydrogens (tertiary/aromatic N) is 2. The first-order chi connectivity index (χ1) is 13.6. The first-order valence-electron chi connectivity index (χ1n) is 8.28. The summed E-state index contributed by atoms with van der Waals surface area (Å²) in [5.74, 6) is -1.12. The summed E-state index contributed by atoms with van der Waals surface area (Å²) < 4.78 is 31.8. The molecule has 2 rings (SSSR count). The third-order valence-corrected chi connectivity index (χ3v) is 5.70. The molecule has 0 saturated heterocycles. The van der Waals surface area contributed by atoms with Gasteiger partial charge >= 0.3 is 5.97 Å². The van der Waals surface area contributed by atoms with E-state index in [1.165, 1.54) is 50.2 Å². The van der Waals surface area contributed by atoms with Gasteiger partial charge in [-0.2, -0.15) is 0 Å². The minimum atomic E-state index is -4.21.